The molecular formula is C21H23N3O4. The number of amides is 3. The Morgan fingerprint density at radius 1 is 1.14 bits per heavy atom. The molecule has 1 atom stereocenters. The Balaban J connectivity index is 1.63. The number of aryl methyl sites for hydroxylation is 1. The summed E-state index contributed by atoms with van der Waals surface area (Å²) in [6.45, 7) is 2.41. The number of nitrogens with two attached hydrogens (primary N) is 1. The van der Waals surface area contributed by atoms with E-state index in [1.54, 1.807) is 29.2 Å². The quantitative estimate of drug-likeness (QED) is 0.796. The van der Waals surface area contributed by atoms with Crippen molar-refractivity contribution < 1.29 is 19.1 Å². The van der Waals surface area contributed by atoms with Crippen molar-refractivity contribution in [1.82, 2.24) is 5.32 Å². The Kier molecular flexibility index (Phi) is 5.93. The van der Waals surface area contributed by atoms with Crippen LogP contribution in [0.1, 0.15) is 28.8 Å². The van der Waals surface area contributed by atoms with Gasteiger partial charge in [0.15, 0.2) is 6.61 Å². The summed E-state index contributed by atoms with van der Waals surface area (Å²) in [5.41, 5.74) is 7.41. The second-order valence-corrected chi connectivity index (χ2v) is 6.77. The zero-order valence-electron chi connectivity index (χ0n) is 15.7. The predicted molar refractivity (Wildman–Crippen MR) is 105 cm³/mol. The van der Waals surface area contributed by atoms with Crippen LogP contribution < -0.4 is 20.7 Å². The standard InChI is InChI=1S/C21H23N3O4/c1-14-4-8-16(9-5-14)24-12-2-3-18(21(24)27)23-20(26)15-6-10-17(11-7-15)28-13-19(22)25/h4-11,18H,2-3,12-13H2,1H3,(H2,22,25)(H,23,26). The number of ether oxygens (including phenoxy) is 1. The van der Waals surface area contributed by atoms with Crippen LogP contribution in [0, 0.1) is 6.92 Å². The van der Waals surface area contributed by atoms with Crippen molar-refractivity contribution in [3.63, 3.8) is 0 Å². The fraction of sp³-hybridized carbons (Fsp3) is 0.286. The van der Waals surface area contributed by atoms with Gasteiger partial charge in [-0.1, -0.05) is 17.7 Å². The van der Waals surface area contributed by atoms with Crippen LogP contribution in [-0.4, -0.2) is 36.9 Å². The maximum Gasteiger partial charge on any atom is 0.255 e. The summed E-state index contributed by atoms with van der Waals surface area (Å²) in [4.78, 5) is 37.8. The molecule has 0 saturated carbocycles. The number of nitrogens with zero attached hydrogens (tertiary/aromatic N) is 1. The Labute approximate surface area is 163 Å². The molecule has 1 saturated heterocycles. The van der Waals surface area contributed by atoms with Gasteiger partial charge < -0.3 is 20.7 Å². The lowest BCUT2D eigenvalue weighted by Crippen LogP contribution is -2.52. The van der Waals surface area contributed by atoms with Crippen LogP contribution in [0.2, 0.25) is 0 Å². The maximum atomic E-state index is 12.8. The minimum atomic E-state index is -0.573. The average Bonchev–Trinajstić information content (AvgIpc) is 2.69. The third kappa shape index (κ3) is 4.68. The molecule has 0 aromatic heterocycles. The first kappa shape index (κ1) is 19.4. The van der Waals surface area contributed by atoms with Gasteiger partial charge in [0.05, 0.1) is 0 Å². The second kappa shape index (κ2) is 8.56. The number of hydrogen-bond donors (Lipinski definition) is 2. The normalized spacial score (nSPS) is 16.5. The van der Waals surface area contributed by atoms with Crippen molar-refractivity contribution in [3.8, 4) is 5.75 Å². The molecule has 2 aromatic rings. The first-order chi connectivity index (χ1) is 13.4. The lowest BCUT2D eigenvalue weighted by Gasteiger charge is -2.32. The summed E-state index contributed by atoms with van der Waals surface area (Å²) in [6.07, 6.45) is 1.41. The van der Waals surface area contributed by atoms with Crippen molar-refractivity contribution in [2.45, 2.75) is 25.8 Å². The second-order valence-electron chi connectivity index (χ2n) is 6.77. The zero-order chi connectivity index (χ0) is 20.1. The van der Waals surface area contributed by atoms with Crippen molar-refractivity contribution >= 4 is 23.4 Å². The van der Waals surface area contributed by atoms with Crippen LogP contribution in [0.5, 0.6) is 5.75 Å². The van der Waals surface area contributed by atoms with E-state index in [4.69, 9.17) is 10.5 Å². The van der Waals surface area contributed by atoms with Gasteiger partial charge in [0.2, 0.25) is 5.91 Å². The molecule has 3 rings (SSSR count). The minimum Gasteiger partial charge on any atom is -0.484 e. The molecule has 0 radical (unpaired) electrons. The van der Waals surface area contributed by atoms with Crippen LogP contribution >= 0.6 is 0 Å². The summed E-state index contributed by atoms with van der Waals surface area (Å²) in [6, 6.07) is 13.5. The number of nitrogens with one attached hydrogen (secondary N) is 1. The lowest BCUT2D eigenvalue weighted by molar-refractivity contribution is -0.121. The summed E-state index contributed by atoms with van der Waals surface area (Å²) < 4.78 is 5.17. The molecule has 1 fully saturated rings. The molecule has 28 heavy (non-hydrogen) atoms. The van der Waals surface area contributed by atoms with Gasteiger partial charge in [0.25, 0.3) is 11.8 Å². The molecule has 146 valence electrons. The third-order valence-electron chi connectivity index (χ3n) is 4.59. The van der Waals surface area contributed by atoms with E-state index in [1.807, 2.05) is 31.2 Å². The molecule has 1 unspecified atom stereocenters. The molecule has 0 bridgehead atoms. The molecule has 1 aliphatic heterocycles. The van der Waals surface area contributed by atoms with Gasteiger partial charge in [0.1, 0.15) is 11.8 Å². The summed E-state index contributed by atoms with van der Waals surface area (Å²) >= 11 is 0. The van der Waals surface area contributed by atoms with Crippen LogP contribution in [-0.2, 0) is 9.59 Å². The maximum absolute atomic E-state index is 12.8. The predicted octanol–water partition coefficient (Wildman–Crippen LogP) is 1.78. The Bertz CT molecular complexity index is 862. The summed E-state index contributed by atoms with van der Waals surface area (Å²) in [5, 5.41) is 2.82. The molecule has 1 heterocycles. The number of piperidine rings is 1. The minimum absolute atomic E-state index is 0.107. The third-order valence-corrected chi connectivity index (χ3v) is 4.59. The average molecular weight is 381 g/mol. The van der Waals surface area contributed by atoms with Gasteiger partial charge in [-0.25, -0.2) is 0 Å². The van der Waals surface area contributed by atoms with E-state index < -0.39 is 11.9 Å². The van der Waals surface area contributed by atoms with E-state index >= 15 is 0 Å². The molecule has 1 aliphatic rings. The molecule has 0 aliphatic carbocycles. The first-order valence-electron chi connectivity index (χ1n) is 9.14. The Hall–Kier alpha value is -3.35. The van der Waals surface area contributed by atoms with Gasteiger partial charge in [0, 0.05) is 17.8 Å². The number of anilines is 1. The van der Waals surface area contributed by atoms with Crippen LogP contribution in [0.25, 0.3) is 0 Å². The van der Waals surface area contributed by atoms with Crippen LogP contribution in [0.4, 0.5) is 5.69 Å². The van der Waals surface area contributed by atoms with Gasteiger partial charge in [-0.05, 0) is 56.2 Å². The number of primary amides is 1. The molecule has 7 heteroatoms. The van der Waals surface area contributed by atoms with Gasteiger partial charge >= 0.3 is 0 Å². The highest BCUT2D eigenvalue weighted by Gasteiger charge is 2.30. The zero-order valence-corrected chi connectivity index (χ0v) is 15.7. The molecule has 3 N–H and O–H groups in total. The van der Waals surface area contributed by atoms with E-state index in [1.165, 1.54) is 0 Å². The topological polar surface area (TPSA) is 102 Å². The highest BCUT2D eigenvalue weighted by molar-refractivity contribution is 6.02. The molecule has 3 amide bonds. The monoisotopic (exact) mass is 381 g/mol. The molecule has 2 aromatic carbocycles. The number of carbonyl (C=O) groups is 3. The van der Waals surface area contributed by atoms with Crippen molar-refractivity contribution in [2.75, 3.05) is 18.1 Å². The van der Waals surface area contributed by atoms with Crippen molar-refractivity contribution in [2.24, 2.45) is 5.73 Å². The fourth-order valence-corrected chi connectivity index (χ4v) is 3.09. The number of benzene rings is 2. The van der Waals surface area contributed by atoms with E-state index in [2.05, 4.69) is 5.32 Å². The summed E-state index contributed by atoms with van der Waals surface area (Å²) in [5.74, 6) is -0.569. The molecule has 7 nitrogen and oxygen atoms in total. The smallest absolute Gasteiger partial charge is 0.255 e. The van der Waals surface area contributed by atoms with E-state index in [0.29, 0.717) is 24.3 Å². The first-order valence-corrected chi connectivity index (χ1v) is 9.14. The van der Waals surface area contributed by atoms with E-state index in [9.17, 15) is 14.4 Å². The number of rotatable bonds is 6. The highest BCUT2D eigenvalue weighted by Crippen LogP contribution is 2.22. The van der Waals surface area contributed by atoms with Crippen molar-refractivity contribution in [3.05, 3.63) is 59.7 Å². The van der Waals surface area contributed by atoms with E-state index in [-0.39, 0.29) is 18.4 Å². The van der Waals surface area contributed by atoms with Gasteiger partial charge in [-0.3, -0.25) is 14.4 Å². The number of hydrogen-bond acceptors (Lipinski definition) is 4. The van der Waals surface area contributed by atoms with Crippen LogP contribution in [0.15, 0.2) is 48.5 Å². The Morgan fingerprint density at radius 3 is 2.46 bits per heavy atom. The van der Waals surface area contributed by atoms with Crippen LogP contribution in [0.3, 0.4) is 0 Å². The van der Waals surface area contributed by atoms with Crippen molar-refractivity contribution in [1.29, 1.82) is 0 Å². The van der Waals surface area contributed by atoms with Gasteiger partial charge in [-0.15, -0.1) is 0 Å². The summed E-state index contributed by atoms with van der Waals surface area (Å²) in [7, 11) is 0. The lowest BCUT2D eigenvalue weighted by atomic mass is 10.0. The largest absolute Gasteiger partial charge is 0.484 e. The van der Waals surface area contributed by atoms with Gasteiger partial charge in [-0.2, -0.15) is 0 Å². The number of carbonyl (C=O) groups excluding carboxylic acids is 3. The Morgan fingerprint density at radius 2 is 1.82 bits per heavy atom. The molecule has 0 spiro atoms. The fourth-order valence-electron chi connectivity index (χ4n) is 3.09. The molecular weight excluding hydrogens is 358 g/mol. The SMILES string of the molecule is Cc1ccc(N2CCCC(NC(=O)c3ccc(OCC(N)=O)cc3)C2=O)cc1. The van der Waals surface area contributed by atoms with E-state index in [0.717, 1.165) is 17.7 Å². The highest BCUT2D eigenvalue weighted by atomic mass is 16.5.